The SMILES string of the molecule is COC(=O)C1=C(C(=O)OCC(=O)N2CCCCC2)C(C)(C)N=N1. The van der Waals surface area contributed by atoms with Crippen molar-refractivity contribution >= 4 is 17.8 Å². The van der Waals surface area contributed by atoms with Crippen LogP contribution in [0.5, 0.6) is 0 Å². The molecule has 0 bridgehead atoms. The van der Waals surface area contributed by atoms with E-state index < -0.39 is 17.5 Å². The third-order valence-corrected chi connectivity index (χ3v) is 3.87. The van der Waals surface area contributed by atoms with Crippen molar-refractivity contribution in [3.8, 4) is 0 Å². The number of amides is 1. The van der Waals surface area contributed by atoms with Gasteiger partial charge < -0.3 is 14.4 Å². The number of nitrogens with zero attached hydrogens (tertiary/aromatic N) is 3. The van der Waals surface area contributed by atoms with Gasteiger partial charge in [-0.3, -0.25) is 4.79 Å². The summed E-state index contributed by atoms with van der Waals surface area (Å²) in [5.74, 6) is -1.76. The Labute approximate surface area is 134 Å². The Bertz CT molecular complexity index is 574. The van der Waals surface area contributed by atoms with Crippen LogP contribution in [0.1, 0.15) is 33.1 Å². The van der Waals surface area contributed by atoms with Crippen LogP contribution >= 0.6 is 0 Å². The van der Waals surface area contributed by atoms with Crippen LogP contribution in [-0.4, -0.2) is 55.1 Å². The molecule has 1 saturated heterocycles. The van der Waals surface area contributed by atoms with Gasteiger partial charge in [0.25, 0.3) is 5.91 Å². The molecule has 8 nitrogen and oxygen atoms in total. The minimum Gasteiger partial charge on any atom is -0.464 e. The highest BCUT2D eigenvalue weighted by atomic mass is 16.5. The van der Waals surface area contributed by atoms with Gasteiger partial charge in [0.2, 0.25) is 0 Å². The Morgan fingerprint density at radius 1 is 1.13 bits per heavy atom. The van der Waals surface area contributed by atoms with E-state index >= 15 is 0 Å². The van der Waals surface area contributed by atoms with Gasteiger partial charge in [-0.15, -0.1) is 5.11 Å². The average Bonchev–Trinajstić information content (AvgIpc) is 2.87. The highest BCUT2D eigenvalue weighted by Crippen LogP contribution is 2.33. The van der Waals surface area contributed by atoms with Crippen molar-refractivity contribution in [2.24, 2.45) is 10.2 Å². The van der Waals surface area contributed by atoms with Gasteiger partial charge in [-0.05, 0) is 33.1 Å². The second kappa shape index (κ2) is 6.89. The van der Waals surface area contributed by atoms with E-state index in [0.717, 1.165) is 19.3 Å². The van der Waals surface area contributed by atoms with E-state index in [1.54, 1.807) is 18.7 Å². The van der Waals surface area contributed by atoms with Crippen LogP contribution in [0.25, 0.3) is 0 Å². The summed E-state index contributed by atoms with van der Waals surface area (Å²) in [5.41, 5.74) is -1.15. The molecule has 23 heavy (non-hydrogen) atoms. The minimum absolute atomic E-state index is 0.00999. The van der Waals surface area contributed by atoms with Crippen molar-refractivity contribution in [1.29, 1.82) is 0 Å². The van der Waals surface area contributed by atoms with Crippen molar-refractivity contribution in [1.82, 2.24) is 4.90 Å². The van der Waals surface area contributed by atoms with Crippen molar-refractivity contribution in [3.05, 3.63) is 11.3 Å². The lowest BCUT2D eigenvalue weighted by Gasteiger charge is -2.26. The number of rotatable bonds is 4. The number of carbonyl (C=O) groups is 3. The van der Waals surface area contributed by atoms with Crippen LogP contribution in [0.3, 0.4) is 0 Å². The van der Waals surface area contributed by atoms with Crippen LogP contribution in [0.4, 0.5) is 0 Å². The first-order chi connectivity index (χ1) is 10.9. The molecule has 1 amide bonds. The maximum Gasteiger partial charge on any atom is 0.359 e. The molecular weight excluding hydrogens is 302 g/mol. The number of methoxy groups -OCH3 is 1. The van der Waals surface area contributed by atoms with E-state index in [9.17, 15) is 14.4 Å². The third kappa shape index (κ3) is 3.75. The summed E-state index contributed by atoms with van der Waals surface area (Å²) in [4.78, 5) is 37.7. The second-order valence-corrected chi connectivity index (χ2v) is 5.99. The quantitative estimate of drug-likeness (QED) is 0.724. The summed E-state index contributed by atoms with van der Waals surface area (Å²) >= 11 is 0. The first-order valence-electron chi connectivity index (χ1n) is 7.57. The molecule has 126 valence electrons. The lowest BCUT2D eigenvalue weighted by molar-refractivity contribution is -0.150. The number of ether oxygens (including phenoxy) is 2. The van der Waals surface area contributed by atoms with E-state index in [0.29, 0.717) is 13.1 Å². The summed E-state index contributed by atoms with van der Waals surface area (Å²) < 4.78 is 9.68. The monoisotopic (exact) mass is 323 g/mol. The van der Waals surface area contributed by atoms with Crippen LogP contribution in [-0.2, 0) is 23.9 Å². The number of hydrogen-bond acceptors (Lipinski definition) is 7. The van der Waals surface area contributed by atoms with Crippen molar-refractivity contribution < 1.29 is 23.9 Å². The Balaban J connectivity index is 2.03. The molecule has 0 radical (unpaired) electrons. The van der Waals surface area contributed by atoms with Gasteiger partial charge in [-0.1, -0.05) is 0 Å². The Hall–Kier alpha value is -2.25. The largest absolute Gasteiger partial charge is 0.464 e. The van der Waals surface area contributed by atoms with E-state index in [1.807, 2.05) is 0 Å². The molecule has 0 aromatic heterocycles. The lowest BCUT2D eigenvalue weighted by atomic mass is 9.94. The topological polar surface area (TPSA) is 97.6 Å². The van der Waals surface area contributed by atoms with Gasteiger partial charge in [-0.25, -0.2) is 9.59 Å². The third-order valence-electron chi connectivity index (χ3n) is 3.87. The smallest absolute Gasteiger partial charge is 0.359 e. The van der Waals surface area contributed by atoms with Crippen LogP contribution < -0.4 is 0 Å². The van der Waals surface area contributed by atoms with Gasteiger partial charge in [0, 0.05) is 13.1 Å². The Morgan fingerprint density at radius 3 is 2.39 bits per heavy atom. The summed E-state index contributed by atoms with van der Waals surface area (Å²) in [5, 5.41) is 7.60. The van der Waals surface area contributed by atoms with Crippen molar-refractivity contribution in [3.63, 3.8) is 0 Å². The highest BCUT2D eigenvalue weighted by molar-refractivity contribution is 6.02. The molecule has 2 aliphatic heterocycles. The fraction of sp³-hybridized carbons (Fsp3) is 0.667. The molecule has 2 rings (SSSR count). The van der Waals surface area contributed by atoms with Gasteiger partial charge in [0.05, 0.1) is 7.11 Å². The molecule has 0 aromatic carbocycles. The zero-order valence-electron chi connectivity index (χ0n) is 13.6. The molecule has 0 saturated carbocycles. The summed E-state index contributed by atoms with van der Waals surface area (Å²) in [6.07, 6.45) is 3.03. The number of hydrogen-bond donors (Lipinski definition) is 0. The molecule has 0 unspecified atom stereocenters. The zero-order valence-corrected chi connectivity index (χ0v) is 13.6. The number of likely N-dealkylation sites (tertiary alicyclic amines) is 1. The Kier molecular flexibility index (Phi) is 5.12. The van der Waals surface area contributed by atoms with Crippen LogP contribution in [0.2, 0.25) is 0 Å². The summed E-state index contributed by atoms with van der Waals surface area (Å²) in [7, 11) is 1.19. The molecule has 2 aliphatic rings. The predicted octanol–water partition coefficient (Wildman–Crippen LogP) is 1.21. The number of esters is 2. The van der Waals surface area contributed by atoms with Crippen LogP contribution in [0.15, 0.2) is 21.5 Å². The summed E-state index contributed by atoms with van der Waals surface area (Å²) in [6.45, 7) is 4.28. The van der Waals surface area contributed by atoms with E-state index in [1.165, 1.54) is 7.11 Å². The Morgan fingerprint density at radius 2 is 1.78 bits per heavy atom. The normalized spacial score (nSPS) is 19.7. The lowest BCUT2D eigenvalue weighted by Crippen LogP contribution is -2.39. The van der Waals surface area contributed by atoms with E-state index in [-0.39, 0.29) is 23.8 Å². The first kappa shape index (κ1) is 17.1. The molecule has 8 heteroatoms. The molecule has 0 atom stereocenters. The molecular formula is C15H21N3O5. The molecule has 2 heterocycles. The molecule has 0 aromatic rings. The number of carbonyl (C=O) groups excluding carboxylic acids is 3. The average molecular weight is 323 g/mol. The van der Waals surface area contributed by atoms with E-state index in [4.69, 9.17) is 4.74 Å². The summed E-state index contributed by atoms with van der Waals surface area (Å²) in [6, 6.07) is 0. The molecule has 0 N–H and O–H groups in total. The molecule has 1 fully saturated rings. The maximum atomic E-state index is 12.3. The van der Waals surface area contributed by atoms with Crippen molar-refractivity contribution in [2.45, 2.75) is 38.6 Å². The van der Waals surface area contributed by atoms with Gasteiger partial charge in [-0.2, -0.15) is 5.11 Å². The van der Waals surface area contributed by atoms with Gasteiger partial charge >= 0.3 is 11.9 Å². The van der Waals surface area contributed by atoms with E-state index in [2.05, 4.69) is 15.0 Å². The molecule has 0 aliphatic carbocycles. The standard InChI is InChI=1S/C15H21N3O5/c1-15(2)11(12(16-17-15)14(21)22-3)13(20)23-9-10(19)18-7-5-4-6-8-18/h4-9H2,1-3H3. The fourth-order valence-electron chi connectivity index (χ4n) is 2.58. The van der Waals surface area contributed by atoms with Gasteiger partial charge in [0.1, 0.15) is 11.1 Å². The number of piperidine rings is 1. The fourth-order valence-corrected chi connectivity index (χ4v) is 2.58. The van der Waals surface area contributed by atoms with Crippen molar-refractivity contribution in [2.75, 3.05) is 26.8 Å². The number of azo groups is 1. The predicted molar refractivity (Wildman–Crippen MR) is 79.4 cm³/mol. The maximum absolute atomic E-state index is 12.3. The first-order valence-corrected chi connectivity index (χ1v) is 7.57. The zero-order chi connectivity index (χ0) is 17.0. The second-order valence-electron chi connectivity index (χ2n) is 5.99. The highest BCUT2D eigenvalue weighted by Gasteiger charge is 2.41. The minimum atomic E-state index is -0.991. The van der Waals surface area contributed by atoms with Gasteiger partial charge in [0.15, 0.2) is 12.3 Å². The van der Waals surface area contributed by atoms with Crippen LogP contribution in [0, 0.1) is 0 Å². The molecule has 0 spiro atoms.